The quantitative estimate of drug-likeness (QED) is 0.815. The van der Waals surface area contributed by atoms with Crippen LogP contribution in [-0.4, -0.2) is 16.9 Å². The summed E-state index contributed by atoms with van der Waals surface area (Å²) in [4.78, 5) is 15.8. The van der Waals surface area contributed by atoms with E-state index >= 15 is 0 Å². The van der Waals surface area contributed by atoms with Gasteiger partial charge in [0.05, 0.1) is 6.04 Å². The number of aromatic nitrogens is 1. The molecule has 3 N–H and O–H groups in total. The Morgan fingerprint density at radius 1 is 1.47 bits per heavy atom. The van der Waals surface area contributed by atoms with Crippen molar-refractivity contribution in [1.29, 1.82) is 0 Å². The molecular weight excluding hydrogens is 214 g/mol. The zero-order valence-electron chi connectivity index (χ0n) is 10.7. The first-order chi connectivity index (χ1) is 8.00. The Morgan fingerprint density at radius 2 is 2.18 bits per heavy atom. The van der Waals surface area contributed by atoms with E-state index in [1.165, 1.54) is 0 Å². The van der Waals surface area contributed by atoms with Crippen molar-refractivity contribution in [2.45, 2.75) is 39.3 Å². The van der Waals surface area contributed by atoms with Crippen molar-refractivity contribution in [2.24, 2.45) is 11.7 Å². The van der Waals surface area contributed by atoms with Gasteiger partial charge in [-0.05, 0) is 24.5 Å². The Morgan fingerprint density at radius 3 is 2.71 bits per heavy atom. The maximum absolute atomic E-state index is 11.7. The molecule has 1 rings (SSSR count). The van der Waals surface area contributed by atoms with E-state index in [0.29, 0.717) is 12.3 Å². The second-order valence-electron chi connectivity index (χ2n) is 4.69. The van der Waals surface area contributed by atoms with Gasteiger partial charge >= 0.3 is 0 Å². The van der Waals surface area contributed by atoms with Crippen LogP contribution in [0.2, 0.25) is 0 Å². The lowest BCUT2D eigenvalue weighted by Gasteiger charge is -2.18. The van der Waals surface area contributed by atoms with Gasteiger partial charge in [-0.1, -0.05) is 19.9 Å². The fourth-order valence-corrected chi connectivity index (χ4v) is 1.47. The smallest absolute Gasteiger partial charge is 0.222 e. The Kier molecular flexibility index (Phi) is 5.10. The van der Waals surface area contributed by atoms with Gasteiger partial charge in [0.1, 0.15) is 0 Å². The topological polar surface area (TPSA) is 68.0 Å². The van der Waals surface area contributed by atoms with Crippen molar-refractivity contribution >= 4 is 5.91 Å². The van der Waals surface area contributed by atoms with Crippen LogP contribution >= 0.6 is 0 Å². The van der Waals surface area contributed by atoms with Crippen LogP contribution in [0.25, 0.3) is 0 Å². The van der Waals surface area contributed by atoms with E-state index in [1.807, 2.05) is 32.9 Å². The van der Waals surface area contributed by atoms with Gasteiger partial charge in [-0.25, -0.2) is 0 Å². The molecule has 0 fully saturated rings. The molecule has 1 unspecified atom stereocenters. The number of nitrogens with one attached hydrogen (secondary N) is 1. The monoisotopic (exact) mass is 235 g/mol. The molecule has 0 bridgehead atoms. The first-order valence-electron chi connectivity index (χ1n) is 5.95. The van der Waals surface area contributed by atoms with Crippen molar-refractivity contribution in [3.05, 3.63) is 30.1 Å². The second kappa shape index (κ2) is 6.35. The van der Waals surface area contributed by atoms with Gasteiger partial charge in [-0.3, -0.25) is 9.78 Å². The molecular formula is C13H21N3O. The van der Waals surface area contributed by atoms with E-state index < -0.39 is 0 Å². The molecule has 94 valence electrons. The van der Waals surface area contributed by atoms with Crippen LogP contribution < -0.4 is 11.1 Å². The molecule has 1 heterocycles. The number of pyridine rings is 1. The second-order valence-corrected chi connectivity index (χ2v) is 4.69. The third-order valence-corrected chi connectivity index (χ3v) is 2.84. The van der Waals surface area contributed by atoms with Crippen molar-refractivity contribution in [1.82, 2.24) is 10.3 Å². The molecule has 0 radical (unpaired) electrons. The third-order valence-electron chi connectivity index (χ3n) is 2.84. The Balaban J connectivity index is 2.47. The van der Waals surface area contributed by atoms with Crippen LogP contribution in [-0.2, 0) is 4.79 Å². The van der Waals surface area contributed by atoms with E-state index in [0.717, 1.165) is 5.56 Å². The summed E-state index contributed by atoms with van der Waals surface area (Å²) >= 11 is 0. The van der Waals surface area contributed by atoms with E-state index in [4.69, 9.17) is 5.73 Å². The highest BCUT2D eigenvalue weighted by Crippen LogP contribution is 2.10. The molecule has 1 aromatic rings. The molecule has 0 aliphatic heterocycles. The summed E-state index contributed by atoms with van der Waals surface area (Å²) in [6.45, 7) is 5.97. The average molecular weight is 235 g/mol. The average Bonchev–Trinajstić information content (AvgIpc) is 2.29. The molecule has 0 saturated heterocycles. The molecule has 1 aromatic heterocycles. The minimum atomic E-state index is -0.0869. The number of carbonyl (C=O) groups is 1. The maximum atomic E-state index is 11.7. The number of rotatable bonds is 5. The zero-order valence-corrected chi connectivity index (χ0v) is 10.7. The summed E-state index contributed by atoms with van der Waals surface area (Å²) in [7, 11) is 0. The molecule has 0 aromatic carbocycles. The fraction of sp³-hybridized carbons (Fsp3) is 0.538. The van der Waals surface area contributed by atoms with Gasteiger partial charge in [-0.2, -0.15) is 0 Å². The van der Waals surface area contributed by atoms with Crippen LogP contribution in [0.3, 0.4) is 0 Å². The fourth-order valence-electron chi connectivity index (χ4n) is 1.47. The number of nitrogens with zero attached hydrogens (tertiary/aromatic N) is 1. The Labute approximate surface area is 103 Å². The lowest BCUT2D eigenvalue weighted by molar-refractivity contribution is -0.122. The highest BCUT2D eigenvalue weighted by Gasteiger charge is 2.15. The van der Waals surface area contributed by atoms with Crippen LogP contribution in [0.5, 0.6) is 0 Å². The van der Waals surface area contributed by atoms with E-state index in [1.54, 1.807) is 12.4 Å². The number of hydrogen-bond donors (Lipinski definition) is 2. The van der Waals surface area contributed by atoms with Gasteiger partial charge in [0.2, 0.25) is 5.91 Å². The van der Waals surface area contributed by atoms with Crippen molar-refractivity contribution < 1.29 is 4.79 Å². The number of hydrogen-bond acceptors (Lipinski definition) is 3. The molecule has 0 aliphatic rings. The Hall–Kier alpha value is -1.42. The van der Waals surface area contributed by atoms with Gasteiger partial charge in [0.15, 0.2) is 0 Å². The van der Waals surface area contributed by atoms with Gasteiger partial charge in [-0.15, -0.1) is 0 Å². The zero-order chi connectivity index (χ0) is 12.8. The molecule has 17 heavy (non-hydrogen) atoms. The van der Waals surface area contributed by atoms with E-state index in [9.17, 15) is 4.79 Å². The van der Waals surface area contributed by atoms with Gasteiger partial charge in [0, 0.05) is 24.9 Å². The lowest BCUT2D eigenvalue weighted by Crippen LogP contribution is -2.35. The van der Waals surface area contributed by atoms with Gasteiger partial charge in [0.25, 0.3) is 0 Å². The number of carbonyl (C=O) groups excluding carboxylic acids is 1. The van der Waals surface area contributed by atoms with Crippen LogP contribution in [0.1, 0.15) is 38.8 Å². The maximum Gasteiger partial charge on any atom is 0.222 e. The van der Waals surface area contributed by atoms with Crippen molar-refractivity contribution in [3.63, 3.8) is 0 Å². The minimum absolute atomic E-state index is 0.0115. The molecule has 1 amide bonds. The largest absolute Gasteiger partial charge is 0.349 e. The summed E-state index contributed by atoms with van der Waals surface area (Å²) in [5, 5.41) is 2.92. The first-order valence-corrected chi connectivity index (χ1v) is 5.95. The SMILES string of the molecule is CC(C)C(N)CC(=O)N[C@@H](C)c1cccnc1. The van der Waals surface area contributed by atoms with Crippen molar-refractivity contribution in [3.8, 4) is 0 Å². The molecule has 0 aliphatic carbocycles. The van der Waals surface area contributed by atoms with Crippen LogP contribution in [0, 0.1) is 5.92 Å². The van der Waals surface area contributed by atoms with Gasteiger partial charge < -0.3 is 11.1 Å². The lowest BCUT2D eigenvalue weighted by atomic mass is 10.0. The summed E-state index contributed by atoms with van der Waals surface area (Å²) in [5.41, 5.74) is 6.86. The summed E-state index contributed by atoms with van der Waals surface area (Å²) in [6.07, 6.45) is 3.84. The first kappa shape index (κ1) is 13.6. The molecule has 4 heteroatoms. The van der Waals surface area contributed by atoms with E-state index in [2.05, 4.69) is 10.3 Å². The highest BCUT2D eigenvalue weighted by molar-refractivity contribution is 5.77. The summed E-state index contributed by atoms with van der Waals surface area (Å²) in [6, 6.07) is 3.68. The summed E-state index contributed by atoms with van der Waals surface area (Å²) < 4.78 is 0. The predicted molar refractivity (Wildman–Crippen MR) is 68.2 cm³/mol. The standard InChI is InChI=1S/C13H21N3O/c1-9(2)12(14)7-13(17)16-10(3)11-5-4-6-15-8-11/h4-6,8-10,12H,7,14H2,1-3H3,(H,16,17)/t10-,12?/m0/s1. The Bertz CT molecular complexity index is 351. The highest BCUT2D eigenvalue weighted by atomic mass is 16.1. The number of amides is 1. The summed E-state index contributed by atoms with van der Waals surface area (Å²) in [5.74, 6) is 0.303. The molecule has 0 saturated carbocycles. The van der Waals surface area contributed by atoms with Crippen LogP contribution in [0.4, 0.5) is 0 Å². The molecule has 4 nitrogen and oxygen atoms in total. The van der Waals surface area contributed by atoms with Crippen molar-refractivity contribution in [2.75, 3.05) is 0 Å². The van der Waals surface area contributed by atoms with Crippen LogP contribution in [0.15, 0.2) is 24.5 Å². The normalized spacial score (nSPS) is 14.4. The molecule has 2 atom stereocenters. The predicted octanol–water partition coefficient (Wildman–Crippen LogP) is 1.63. The molecule has 0 spiro atoms. The minimum Gasteiger partial charge on any atom is -0.349 e. The number of nitrogens with two attached hydrogens (primary N) is 1. The van der Waals surface area contributed by atoms with E-state index in [-0.39, 0.29) is 18.0 Å². The third kappa shape index (κ3) is 4.53.